The lowest BCUT2D eigenvalue weighted by Gasteiger charge is -2.30. The van der Waals surface area contributed by atoms with Crippen molar-refractivity contribution in [2.24, 2.45) is 0 Å². The minimum atomic E-state index is 0.337. The van der Waals surface area contributed by atoms with E-state index in [1.807, 2.05) is 11.8 Å². The van der Waals surface area contributed by atoms with Crippen molar-refractivity contribution in [1.29, 1.82) is 0 Å². The first-order valence-corrected chi connectivity index (χ1v) is 3.62. The summed E-state index contributed by atoms with van der Waals surface area (Å²) < 4.78 is 0. The van der Waals surface area contributed by atoms with Gasteiger partial charge in [0.05, 0.1) is 0 Å². The Kier molecular flexibility index (Phi) is 2.09. The van der Waals surface area contributed by atoms with Crippen LogP contribution in [-0.4, -0.2) is 23.9 Å². The van der Waals surface area contributed by atoms with Gasteiger partial charge in [0.25, 0.3) is 0 Å². The average Bonchev–Trinajstić information content (AvgIpc) is 1.60. The second-order valence-corrected chi connectivity index (χ2v) is 2.48. The predicted molar refractivity (Wildman–Crippen MR) is 36.1 cm³/mol. The number of hydrogen-bond acceptors (Lipinski definition) is 1. The predicted octanol–water partition coefficient (Wildman–Crippen LogP) is 1.02. The summed E-state index contributed by atoms with van der Waals surface area (Å²) in [6, 6.07) is 0. The Balaban J connectivity index is 2.16. The summed E-state index contributed by atoms with van der Waals surface area (Å²) in [5.41, 5.74) is 0. The fourth-order valence-corrected chi connectivity index (χ4v) is 0.938. The molecule has 1 rings (SSSR count). The van der Waals surface area contributed by atoms with Crippen LogP contribution in [0.3, 0.4) is 0 Å². The minimum Gasteiger partial charge on any atom is -0.343 e. The molecule has 0 aromatic rings. The van der Waals surface area contributed by atoms with E-state index in [0.717, 1.165) is 25.9 Å². The zero-order chi connectivity index (χ0) is 6.69. The maximum absolute atomic E-state index is 11.0. The smallest absolute Gasteiger partial charge is 0.222 e. The molecule has 0 aliphatic carbocycles. The summed E-state index contributed by atoms with van der Waals surface area (Å²) >= 11 is 0. The van der Waals surface area contributed by atoms with E-state index in [1.54, 1.807) is 0 Å². The molecule has 0 aromatic heterocycles. The molecule has 1 heterocycles. The first kappa shape index (κ1) is 6.59. The second kappa shape index (κ2) is 2.85. The largest absolute Gasteiger partial charge is 0.343 e. The normalized spacial score (nSPS) is 17.2. The number of nitrogens with zero attached hydrogens (tertiary/aromatic N) is 1. The second-order valence-electron chi connectivity index (χ2n) is 2.48. The van der Waals surface area contributed by atoms with E-state index < -0.39 is 0 Å². The lowest BCUT2D eigenvalue weighted by atomic mass is 10.2. The van der Waals surface area contributed by atoms with Crippen LogP contribution in [0.4, 0.5) is 0 Å². The van der Waals surface area contributed by atoms with Crippen molar-refractivity contribution in [3.63, 3.8) is 0 Å². The van der Waals surface area contributed by atoms with Crippen LogP contribution in [0.2, 0.25) is 0 Å². The van der Waals surface area contributed by atoms with Crippen molar-refractivity contribution in [2.45, 2.75) is 26.2 Å². The molecule has 1 saturated heterocycles. The van der Waals surface area contributed by atoms with Crippen molar-refractivity contribution in [1.82, 2.24) is 4.90 Å². The van der Waals surface area contributed by atoms with Gasteiger partial charge in [0, 0.05) is 19.5 Å². The van der Waals surface area contributed by atoms with Gasteiger partial charge < -0.3 is 4.90 Å². The molecule has 1 aliphatic heterocycles. The van der Waals surface area contributed by atoms with Gasteiger partial charge in [-0.3, -0.25) is 4.79 Å². The molecule has 1 aliphatic rings. The van der Waals surface area contributed by atoms with Gasteiger partial charge in [-0.2, -0.15) is 0 Å². The zero-order valence-electron chi connectivity index (χ0n) is 5.89. The van der Waals surface area contributed by atoms with Gasteiger partial charge in [-0.15, -0.1) is 0 Å². The number of carbonyl (C=O) groups excluding carboxylic acids is 1. The molecule has 1 amide bonds. The molecule has 9 heavy (non-hydrogen) atoms. The molecular weight excluding hydrogens is 114 g/mol. The van der Waals surface area contributed by atoms with Gasteiger partial charge in [-0.25, -0.2) is 0 Å². The summed E-state index contributed by atoms with van der Waals surface area (Å²) in [7, 11) is 0. The van der Waals surface area contributed by atoms with Crippen LogP contribution in [0.25, 0.3) is 0 Å². The van der Waals surface area contributed by atoms with Crippen LogP contribution in [0, 0.1) is 0 Å². The Labute approximate surface area is 55.8 Å². The van der Waals surface area contributed by atoms with E-state index in [2.05, 4.69) is 0 Å². The standard InChI is InChI=1S/C7H13NO/c1-2-4-7(9)8-5-3-6-8/h2-6H2,1H3. The van der Waals surface area contributed by atoms with Crippen molar-refractivity contribution >= 4 is 5.91 Å². The third kappa shape index (κ3) is 1.44. The molecule has 2 heteroatoms. The monoisotopic (exact) mass is 127 g/mol. The summed E-state index contributed by atoms with van der Waals surface area (Å²) in [6.45, 7) is 4.04. The molecule has 1 fully saturated rings. The highest BCUT2D eigenvalue weighted by atomic mass is 16.2. The highest BCUT2D eigenvalue weighted by Crippen LogP contribution is 2.07. The highest BCUT2D eigenvalue weighted by molar-refractivity contribution is 5.76. The summed E-state index contributed by atoms with van der Waals surface area (Å²) in [5, 5.41) is 0. The first-order chi connectivity index (χ1) is 4.34. The topological polar surface area (TPSA) is 20.3 Å². The fraction of sp³-hybridized carbons (Fsp3) is 0.857. The molecule has 2 nitrogen and oxygen atoms in total. The van der Waals surface area contributed by atoms with Crippen LogP contribution in [-0.2, 0) is 4.79 Å². The van der Waals surface area contributed by atoms with E-state index in [9.17, 15) is 4.79 Å². The molecular formula is C7H13NO. The van der Waals surface area contributed by atoms with Crippen LogP contribution in [0.15, 0.2) is 0 Å². The third-order valence-corrected chi connectivity index (χ3v) is 1.67. The van der Waals surface area contributed by atoms with E-state index in [1.165, 1.54) is 6.42 Å². The first-order valence-electron chi connectivity index (χ1n) is 3.62. The van der Waals surface area contributed by atoms with Crippen molar-refractivity contribution in [2.75, 3.05) is 13.1 Å². The number of carbonyl (C=O) groups is 1. The zero-order valence-corrected chi connectivity index (χ0v) is 5.89. The minimum absolute atomic E-state index is 0.337. The van der Waals surface area contributed by atoms with Crippen LogP contribution in [0.5, 0.6) is 0 Å². The summed E-state index contributed by atoms with van der Waals surface area (Å²) in [5.74, 6) is 0.337. The van der Waals surface area contributed by atoms with Gasteiger partial charge in [0.1, 0.15) is 0 Å². The van der Waals surface area contributed by atoms with Crippen LogP contribution >= 0.6 is 0 Å². The van der Waals surface area contributed by atoms with Gasteiger partial charge in [0.2, 0.25) is 5.91 Å². The van der Waals surface area contributed by atoms with Crippen LogP contribution < -0.4 is 0 Å². The van der Waals surface area contributed by atoms with Crippen LogP contribution in [0.1, 0.15) is 26.2 Å². The van der Waals surface area contributed by atoms with Gasteiger partial charge in [-0.1, -0.05) is 6.92 Å². The SMILES string of the molecule is CCCC(=O)N1CCC1. The van der Waals surface area contributed by atoms with Crippen molar-refractivity contribution in [3.8, 4) is 0 Å². The Morgan fingerprint density at radius 2 is 2.22 bits per heavy atom. The summed E-state index contributed by atoms with van der Waals surface area (Å²) in [6.07, 6.45) is 2.92. The molecule has 0 atom stereocenters. The van der Waals surface area contributed by atoms with E-state index in [0.29, 0.717) is 5.91 Å². The van der Waals surface area contributed by atoms with Crippen molar-refractivity contribution < 1.29 is 4.79 Å². The molecule has 0 aromatic carbocycles. The van der Waals surface area contributed by atoms with Crippen molar-refractivity contribution in [3.05, 3.63) is 0 Å². The van der Waals surface area contributed by atoms with Gasteiger partial charge in [0.15, 0.2) is 0 Å². The number of rotatable bonds is 2. The molecule has 0 bridgehead atoms. The lowest BCUT2D eigenvalue weighted by Crippen LogP contribution is -2.41. The van der Waals surface area contributed by atoms with E-state index in [-0.39, 0.29) is 0 Å². The molecule has 0 spiro atoms. The Morgan fingerprint density at radius 1 is 1.56 bits per heavy atom. The number of hydrogen-bond donors (Lipinski definition) is 0. The van der Waals surface area contributed by atoms with E-state index in [4.69, 9.17) is 0 Å². The number of likely N-dealkylation sites (tertiary alicyclic amines) is 1. The molecule has 0 radical (unpaired) electrons. The Morgan fingerprint density at radius 3 is 2.56 bits per heavy atom. The summed E-state index contributed by atoms with van der Waals surface area (Å²) in [4.78, 5) is 12.9. The maximum atomic E-state index is 11.0. The molecule has 0 saturated carbocycles. The molecule has 52 valence electrons. The highest BCUT2D eigenvalue weighted by Gasteiger charge is 2.18. The van der Waals surface area contributed by atoms with Gasteiger partial charge >= 0.3 is 0 Å². The quantitative estimate of drug-likeness (QED) is 0.542. The Bertz CT molecular complexity index is 107. The lowest BCUT2D eigenvalue weighted by molar-refractivity contribution is -0.134. The molecule has 0 unspecified atom stereocenters. The fourth-order valence-electron chi connectivity index (χ4n) is 0.938. The molecule has 0 N–H and O–H groups in total. The average molecular weight is 127 g/mol. The Hall–Kier alpha value is -0.530. The third-order valence-electron chi connectivity index (χ3n) is 1.67. The maximum Gasteiger partial charge on any atom is 0.222 e. The number of amides is 1. The van der Waals surface area contributed by atoms with Gasteiger partial charge in [-0.05, 0) is 12.8 Å². The van der Waals surface area contributed by atoms with E-state index >= 15 is 0 Å².